The summed E-state index contributed by atoms with van der Waals surface area (Å²) in [5, 5.41) is 0.615. The molecule has 0 unspecified atom stereocenters. The van der Waals surface area contributed by atoms with Gasteiger partial charge >= 0.3 is 0 Å². The van der Waals surface area contributed by atoms with Crippen LogP contribution in [0.2, 0.25) is 0 Å². The Morgan fingerprint density at radius 1 is 0.500 bits per heavy atom. The lowest BCUT2D eigenvalue weighted by atomic mass is 10.0. The normalized spacial score (nSPS) is 13.7. The summed E-state index contributed by atoms with van der Waals surface area (Å²) in [7, 11) is 0. The molecule has 0 aliphatic carbocycles. The summed E-state index contributed by atoms with van der Waals surface area (Å²) < 4.78 is 61.8. The second kappa shape index (κ2) is 9.66. The van der Waals surface area contributed by atoms with Gasteiger partial charge in [0, 0.05) is 31.5 Å². The van der Waals surface area contributed by atoms with Gasteiger partial charge in [0.1, 0.15) is 0 Å². The Bertz CT molecular complexity index is 2170. The first-order valence-electron chi connectivity index (χ1n) is 15.8. The molecule has 0 spiro atoms. The molecule has 0 fully saturated rings. The van der Waals surface area contributed by atoms with Crippen molar-refractivity contribution in [2.75, 3.05) is 4.90 Å². The molecule has 0 atom stereocenters. The van der Waals surface area contributed by atoms with Crippen LogP contribution in [0, 0.1) is 0 Å². The monoisotopic (exact) mass is 510 g/mol. The molecule has 38 heavy (non-hydrogen) atoms. The van der Waals surface area contributed by atoms with E-state index in [4.69, 9.17) is 8.22 Å². The summed E-state index contributed by atoms with van der Waals surface area (Å²) in [4.78, 5) is 1.88. The quantitative estimate of drug-likeness (QED) is 0.223. The van der Waals surface area contributed by atoms with E-state index >= 15 is 0 Å². The van der Waals surface area contributed by atoms with Gasteiger partial charge in [-0.15, -0.1) is 11.3 Å². The maximum Gasteiger partial charge on any atom is 0.0645 e. The van der Waals surface area contributed by atoms with Gasteiger partial charge in [-0.3, -0.25) is 0 Å². The molecule has 0 saturated carbocycles. The zero-order valence-electron chi connectivity index (χ0n) is 27.2. The lowest BCUT2D eigenvalue weighted by molar-refractivity contribution is 1.30. The Hall–Kier alpha value is -4.66. The first kappa shape index (κ1) is 16.2. The Morgan fingerprint density at radius 3 is 1.68 bits per heavy atom. The Labute approximate surface area is 236 Å². The molecule has 6 aromatic carbocycles. The third-order valence-corrected chi connectivity index (χ3v) is 7.60. The van der Waals surface area contributed by atoms with Crippen molar-refractivity contribution in [1.29, 1.82) is 0 Å². The summed E-state index contributed by atoms with van der Waals surface area (Å²) in [6.45, 7) is 0. The van der Waals surface area contributed by atoms with Crippen molar-refractivity contribution in [2.24, 2.45) is 0 Å². The molecular formula is C36H25NS. The molecule has 0 amide bonds. The van der Waals surface area contributed by atoms with E-state index in [0.717, 1.165) is 33.6 Å². The number of rotatable bonds is 5. The van der Waals surface area contributed by atoms with E-state index in [1.807, 2.05) is 114 Å². The SMILES string of the molecule is [2H]c1c([2H])c([2H])c2c(sc3c([2H])c([2H])c([2H])c(N(c4cccc(-c5ccccc5)c4)c4cccc(-c5ccccc5)c4)c32)c1[2H]. The van der Waals surface area contributed by atoms with E-state index < -0.39 is 0 Å². The van der Waals surface area contributed by atoms with Gasteiger partial charge in [-0.25, -0.2) is 0 Å². The molecule has 1 aromatic heterocycles. The van der Waals surface area contributed by atoms with E-state index in [1.54, 1.807) is 0 Å². The van der Waals surface area contributed by atoms with E-state index in [9.17, 15) is 1.37 Å². The lowest BCUT2D eigenvalue weighted by Gasteiger charge is -2.27. The zero-order valence-corrected chi connectivity index (χ0v) is 21.1. The van der Waals surface area contributed by atoms with Gasteiger partial charge < -0.3 is 4.90 Å². The number of thiophene rings is 1. The minimum atomic E-state index is -0.380. The second-order valence-corrected chi connectivity index (χ2v) is 9.92. The molecule has 0 saturated heterocycles. The maximum atomic E-state index is 9.28. The molecule has 0 aliphatic rings. The van der Waals surface area contributed by atoms with Crippen molar-refractivity contribution in [1.82, 2.24) is 0 Å². The minimum absolute atomic E-state index is 0.173. The van der Waals surface area contributed by atoms with Crippen LogP contribution < -0.4 is 4.90 Å². The van der Waals surface area contributed by atoms with Crippen LogP contribution in [-0.2, 0) is 0 Å². The average molecular weight is 511 g/mol. The van der Waals surface area contributed by atoms with E-state index in [2.05, 4.69) is 0 Å². The number of nitrogens with zero attached hydrogens (tertiary/aromatic N) is 1. The Morgan fingerprint density at radius 2 is 1.05 bits per heavy atom. The number of fused-ring (bicyclic) bond motifs is 3. The molecule has 0 aliphatic heterocycles. The topological polar surface area (TPSA) is 3.24 Å². The molecular weight excluding hydrogens is 478 g/mol. The summed E-state index contributed by atoms with van der Waals surface area (Å²) in [6, 6.07) is 33.8. The fourth-order valence-electron chi connectivity index (χ4n) is 4.83. The van der Waals surface area contributed by atoms with Gasteiger partial charge in [0.25, 0.3) is 0 Å². The van der Waals surface area contributed by atoms with Gasteiger partial charge in [0.15, 0.2) is 0 Å². The first-order valence-corrected chi connectivity index (χ1v) is 13.1. The zero-order chi connectivity index (χ0) is 31.4. The van der Waals surface area contributed by atoms with Crippen molar-refractivity contribution in [2.45, 2.75) is 0 Å². The summed E-state index contributed by atoms with van der Waals surface area (Å²) in [6.07, 6.45) is 0. The van der Waals surface area contributed by atoms with Crippen LogP contribution >= 0.6 is 11.3 Å². The molecule has 1 nitrogen and oxygen atoms in total. The molecule has 0 N–H and O–H groups in total. The number of anilines is 3. The van der Waals surface area contributed by atoms with Crippen LogP contribution in [0.25, 0.3) is 42.4 Å². The third-order valence-electron chi connectivity index (χ3n) is 6.57. The van der Waals surface area contributed by atoms with Crippen LogP contribution in [0.15, 0.2) is 151 Å². The van der Waals surface area contributed by atoms with Gasteiger partial charge in [-0.1, -0.05) is 109 Å². The number of benzene rings is 6. The van der Waals surface area contributed by atoms with Crippen LogP contribution in [0.5, 0.6) is 0 Å². The molecule has 7 aromatic rings. The fourth-order valence-corrected chi connectivity index (χ4v) is 5.79. The summed E-state index contributed by atoms with van der Waals surface area (Å²) >= 11 is 1.07. The average Bonchev–Trinajstić information content (AvgIpc) is 3.49. The van der Waals surface area contributed by atoms with Gasteiger partial charge in [0.2, 0.25) is 0 Å². The Balaban J connectivity index is 1.61. The van der Waals surface area contributed by atoms with Crippen LogP contribution in [-0.4, -0.2) is 0 Å². The lowest BCUT2D eigenvalue weighted by Crippen LogP contribution is -2.10. The standard InChI is InChI=1S/C36H25NS/c1-3-12-26(13-4-1)28-16-9-18-30(24-28)37(31-19-10-17-29(25-31)27-14-5-2-6-15-27)33-21-11-23-35-36(33)32-20-7-8-22-34(32)38-35/h1-25H/i7D,8D,11D,20D,21D,22D,23D. The molecule has 1 heterocycles. The van der Waals surface area contributed by atoms with Crippen molar-refractivity contribution in [3.05, 3.63) is 151 Å². The summed E-state index contributed by atoms with van der Waals surface area (Å²) in [5.74, 6) is 0. The highest BCUT2D eigenvalue weighted by atomic mass is 32.1. The smallest absolute Gasteiger partial charge is 0.0645 e. The van der Waals surface area contributed by atoms with Gasteiger partial charge in [-0.2, -0.15) is 0 Å². The Kier molecular flexibility index (Phi) is 4.13. The van der Waals surface area contributed by atoms with Crippen LogP contribution in [0.4, 0.5) is 17.1 Å². The van der Waals surface area contributed by atoms with Crippen molar-refractivity contribution < 1.29 is 9.60 Å². The van der Waals surface area contributed by atoms with Crippen molar-refractivity contribution in [3.63, 3.8) is 0 Å². The second-order valence-electron chi connectivity index (χ2n) is 8.90. The van der Waals surface area contributed by atoms with Crippen molar-refractivity contribution >= 4 is 48.6 Å². The highest BCUT2D eigenvalue weighted by Gasteiger charge is 2.19. The van der Waals surface area contributed by atoms with Gasteiger partial charge in [-0.05, 0) is 64.6 Å². The van der Waals surface area contributed by atoms with E-state index in [0.29, 0.717) is 26.2 Å². The van der Waals surface area contributed by atoms with E-state index in [-0.39, 0.29) is 53.4 Å². The largest absolute Gasteiger partial charge is 0.310 e. The molecule has 0 bridgehead atoms. The number of hydrogen-bond donors (Lipinski definition) is 0. The van der Waals surface area contributed by atoms with Crippen LogP contribution in [0.1, 0.15) is 9.60 Å². The third kappa shape index (κ3) is 4.06. The maximum absolute atomic E-state index is 9.28. The van der Waals surface area contributed by atoms with Crippen LogP contribution in [0.3, 0.4) is 0 Å². The molecule has 2 heteroatoms. The van der Waals surface area contributed by atoms with E-state index in [1.165, 1.54) is 0 Å². The highest BCUT2D eigenvalue weighted by molar-refractivity contribution is 7.26. The van der Waals surface area contributed by atoms with Gasteiger partial charge in [0.05, 0.1) is 15.3 Å². The molecule has 7 rings (SSSR count). The first-order chi connectivity index (χ1) is 21.8. The molecule has 180 valence electrons. The van der Waals surface area contributed by atoms with Crippen molar-refractivity contribution in [3.8, 4) is 22.3 Å². The minimum Gasteiger partial charge on any atom is -0.310 e. The predicted molar refractivity (Wildman–Crippen MR) is 165 cm³/mol. The number of hydrogen-bond acceptors (Lipinski definition) is 2. The molecule has 0 radical (unpaired) electrons. The summed E-state index contributed by atoms with van der Waals surface area (Å²) in [5.41, 5.74) is 5.60. The highest BCUT2D eigenvalue weighted by Crippen LogP contribution is 2.45. The predicted octanol–water partition coefficient (Wildman–Crippen LogP) is 10.9. The fraction of sp³-hybridized carbons (Fsp3) is 0.